The van der Waals surface area contributed by atoms with Gasteiger partial charge in [0.15, 0.2) is 0 Å². The Hall–Kier alpha value is -0.610. The molecule has 4 heteroatoms. The summed E-state index contributed by atoms with van der Waals surface area (Å²) in [4.78, 5) is 14.5. The van der Waals surface area contributed by atoms with Gasteiger partial charge in [0.05, 0.1) is 12.5 Å². The molecular formula is C16H28N2O2. The predicted octanol–water partition coefficient (Wildman–Crippen LogP) is 1.93. The monoisotopic (exact) mass is 280 g/mol. The van der Waals surface area contributed by atoms with Gasteiger partial charge in [-0.2, -0.15) is 0 Å². The van der Waals surface area contributed by atoms with E-state index in [1.807, 2.05) is 6.92 Å². The highest BCUT2D eigenvalue weighted by Gasteiger charge is 2.39. The molecule has 20 heavy (non-hydrogen) atoms. The van der Waals surface area contributed by atoms with Crippen LogP contribution in [0.2, 0.25) is 0 Å². The van der Waals surface area contributed by atoms with Gasteiger partial charge in [-0.05, 0) is 52.0 Å². The summed E-state index contributed by atoms with van der Waals surface area (Å²) in [5, 5.41) is 3.87. The minimum atomic E-state index is 0.0212. The van der Waals surface area contributed by atoms with Gasteiger partial charge >= 0.3 is 5.97 Å². The van der Waals surface area contributed by atoms with Crippen molar-refractivity contribution < 1.29 is 9.53 Å². The molecule has 4 atom stereocenters. The molecule has 3 fully saturated rings. The summed E-state index contributed by atoms with van der Waals surface area (Å²) in [6.07, 6.45) is 8.36. The van der Waals surface area contributed by atoms with Gasteiger partial charge in [0.2, 0.25) is 0 Å². The van der Waals surface area contributed by atoms with Crippen molar-refractivity contribution in [1.82, 2.24) is 10.2 Å². The summed E-state index contributed by atoms with van der Waals surface area (Å²) in [6, 6.07) is 1.94. The molecule has 3 aliphatic rings. The summed E-state index contributed by atoms with van der Waals surface area (Å²) in [6.45, 7) is 4.95. The van der Waals surface area contributed by atoms with Gasteiger partial charge in [0.25, 0.3) is 0 Å². The Morgan fingerprint density at radius 3 is 2.95 bits per heavy atom. The number of nitrogens with one attached hydrogen (secondary N) is 1. The quantitative estimate of drug-likeness (QED) is 0.799. The van der Waals surface area contributed by atoms with Crippen LogP contribution in [0.4, 0.5) is 0 Å². The summed E-state index contributed by atoms with van der Waals surface area (Å²) in [7, 11) is 0. The van der Waals surface area contributed by atoms with Gasteiger partial charge in [0, 0.05) is 24.7 Å². The molecule has 0 bridgehead atoms. The summed E-state index contributed by atoms with van der Waals surface area (Å²) < 4.78 is 5.19. The van der Waals surface area contributed by atoms with Crippen LogP contribution in [0.25, 0.3) is 0 Å². The number of carbonyl (C=O) groups excluding carboxylic acids is 1. The van der Waals surface area contributed by atoms with Crippen LogP contribution in [-0.2, 0) is 9.53 Å². The Kier molecular flexibility index (Phi) is 4.61. The van der Waals surface area contributed by atoms with Crippen LogP contribution in [-0.4, -0.2) is 48.7 Å². The number of nitrogens with zero attached hydrogens (tertiary/aromatic N) is 1. The first-order chi connectivity index (χ1) is 9.78. The maximum absolute atomic E-state index is 11.9. The first-order valence-corrected chi connectivity index (χ1v) is 8.44. The first kappa shape index (κ1) is 14.3. The first-order valence-electron chi connectivity index (χ1n) is 8.44. The third kappa shape index (κ3) is 3.01. The molecule has 0 aromatic heterocycles. The Balaban J connectivity index is 1.51. The van der Waals surface area contributed by atoms with E-state index in [0.717, 1.165) is 25.3 Å². The number of rotatable bonds is 4. The van der Waals surface area contributed by atoms with E-state index in [1.165, 1.54) is 38.8 Å². The average molecular weight is 280 g/mol. The fourth-order valence-corrected chi connectivity index (χ4v) is 4.40. The van der Waals surface area contributed by atoms with Gasteiger partial charge in [-0.3, -0.25) is 9.69 Å². The van der Waals surface area contributed by atoms with E-state index in [-0.39, 0.29) is 11.9 Å². The molecule has 4 nitrogen and oxygen atoms in total. The highest BCUT2D eigenvalue weighted by Crippen LogP contribution is 2.31. The summed E-state index contributed by atoms with van der Waals surface area (Å²) in [5.41, 5.74) is 0. The Morgan fingerprint density at radius 1 is 1.20 bits per heavy atom. The van der Waals surface area contributed by atoms with Crippen molar-refractivity contribution in [2.24, 2.45) is 5.92 Å². The van der Waals surface area contributed by atoms with Crippen molar-refractivity contribution in [3.8, 4) is 0 Å². The van der Waals surface area contributed by atoms with Crippen LogP contribution in [0.1, 0.15) is 51.9 Å². The number of hydrogen-bond acceptors (Lipinski definition) is 4. The van der Waals surface area contributed by atoms with Crippen molar-refractivity contribution >= 4 is 5.97 Å². The Bertz CT molecular complexity index is 347. The van der Waals surface area contributed by atoms with Crippen LogP contribution < -0.4 is 5.32 Å². The van der Waals surface area contributed by atoms with Gasteiger partial charge < -0.3 is 10.1 Å². The Labute approximate surface area is 122 Å². The fraction of sp³-hybridized carbons (Fsp3) is 0.938. The lowest BCUT2D eigenvalue weighted by molar-refractivity contribution is -0.149. The van der Waals surface area contributed by atoms with Crippen LogP contribution in [0, 0.1) is 5.92 Å². The van der Waals surface area contributed by atoms with Crippen LogP contribution in [0.15, 0.2) is 0 Å². The lowest BCUT2D eigenvalue weighted by atomic mass is 9.85. The van der Waals surface area contributed by atoms with Gasteiger partial charge in [-0.25, -0.2) is 0 Å². The largest absolute Gasteiger partial charge is 0.466 e. The zero-order chi connectivity index (χ0) is 13.9. The minimum Gasteiger partial charge on any atom is -0.466 e. The van der Waals surface area contributed by atoms with Crippen LogP contribution >= 0.6 is 0 Å². The molecule has 1 N–H and O–H groups in total. The second kappa shape index (κ2) is 6.44. The molecule has 1 aliphatic carbocycles. The van der Waals surface area contributed by atoms with E-state index in [9.17, 15) is 4.79 Å². The second-order valence-corrected chi connectivity index (χ2v) is 6.62. The van der Waals surface area contributed by atoms with Crippen molar-refractivity contribution in [2.75, 3.05) is 19.7 Å². The third-order valence-electron chi connectivity index (χ3n) is 5.35. The average Bonchev–Trinajstić information content (AvgIpc) is 3.05. The molecule has 2 heterocycles. The topological polar surface area (TPSA) is 41.6 Å². The minimum absolute atomic E-state index is 0.0212. The maximum atomic E-state index is 11.9. The lowest BCUT2D eigenvalue weighted by Crippen LogP contribution is -2.47. The van der Waals surface area contributed by atoms with E-state index in [2.05, 4.69) is 10.2 Å². The molecule has 0 spiro atoms. The zero-order valence-electron chi connectivity index (χ0n) is 12.6. The van der Waals surface area contributed by atoms with Gasteiger partial charge in [-0.15, -0.1) is 0 Å². The van der Waals surface area contributed by atoms with Crippen LogP contribution in [0.3, 0.4) is 0 Å². The Morgan fingerprint density at radius 2 is 2.10 bits per heavy atom. The molecule has 114 valence electrons. The number of ether oxygens (including phenoxy) is 1. The fourth-order valence-electron chi connectivity index (χ4n) is 4.40. The van der Waals surface area contributed by atoms with Crippen molar-refractivity contribution in [3.05, 3.63) is 0 Å². The van der Waals surface area contributed by atoms with E-state index in [4.69, 9.17) is 4.74 Å². The summed E-state index contributed by atoms with van der Waals surface area (Å²) in [5.74, 6) is 0.148. The van der Waals surface area contributed by atoms with Crippen LogP contribution in [0.5, 0.6) is 0 Å². The molecule has 3 rings (SSSR count). The molecule has 0 aromatic rings. The van der Waals surface area contributed by atoms with Gasteiger partial charge in [-0.1, -0.05) is 6.42 Å². The molecule has 2 saturated heterocycles. The van der Waals surface area contributed by atoms with Gasteiger partial charge in [0.1, 0.15) is 0 Å². The molecular weight excluding hydrogens is 252 g/mol. The summed E-state index contributed by atoms with van der Waals surface area (Å²) >= 11 is 0. The second-order valence-electron chi connectivity index (χ2n) is 6.62. The standard InChI is InChI=1S/C16H28N2O2/c1-2-20-16(19)12-5-3-6-13(11-12)17-14-8-10-18-9-4-7-15(14)18/h12-15,17H,2-11H2,1H3. The maximum Gasteiger partial charge on any atom is 0.308 e. The van der Waals surface area contributed by atoms with E-state index in [0.29, 0.717) is 18.7 Å². The number of carbonyl (C=O) groups is 1. The third-order valence-corrected chi connectivity index (χ3v) is 5.35. The molecule has 2 aliphatic heterocycles. The smallest absolute Gasteiger partial charge is 0.308 e. The molecule has 0 amide bonds. The number of esters is 1. The normalized spacial score (nSPS) is 37.9. The highest BCUT2D eigenvalue weighted by molar-refractivity contribution is 5.72. The van der Waals surface area contributed by atoms with E-state index < -0.39 is 0 Å². The SMILES string of the molecule is CCOC(=O)C1CCCC(NC2CCN3CCCC23)C1. The molecule has 0 aromatic carbocycles. The highest BCUT2D eigenvalue weighted by atomic mass is 16.5. The number of fused-ring (bicyclic) bond motifs is 1. The molecule has 0 radical (unpaired) electrons. The van der Waals surface area contributed by atoms with E-state index >= 15 is 0 Å². The van der Waals surface area contributed by atoms with Crippen molar-refractivity contribution in [1.29, 1.82) is 0 Å². The molecule has 4 unspecified atom stereocenters. The number of hydrogen-bond donors (Lipinski definition) is 1. The predicted molar refractivity (Wildman–Crippen MR) is 78.5 cm³/mol. The zero-order valence-corrected chi connectivity index (χ0v) is 12.6. The molecule has 1 saturated carbocycles. The van der Waals surface area contributed by atoms with E-state index in [1.54, 1.807) is 0 Å². The lowest BCUT2D eigenvalue weighted by Gasteiger charge is -2.32. The van der Waals surface area contributed by atoms with Crippen molar-refractivity contribution in [2.45, 2.75) is 70.0 Å². The van der Waals surface area contributed by atoms with Crippen molar-refractivity contribution in [3.63, 3.8) is 0 Å².